The normalized spacial score (nSPS) is 24.1. The standard InChI is InChI=1S/C25H32ClN5O3/c1-16-12-21(33)23-22(16)24(28-15-27-23)30-8-10-31(11-9-30)25(34)20(6-7-29-13-19(32)14-29)17-2-4-18(26)5-3-17/h2-5,15-16,19-21,32-33H,6-14H2,1H3/t16-,20-,21-/m1/s1. The van der Waals surface area contributed by atoms with E-state index in [4.69, 9.17) is 11.6 Å². The number of nitrogens with zero attached hydrogens (tertiary/aromatic N) is 5. The van der Waals surface area contributed by atoms with Crippen LogP contribution in [0.25, 0.3) is 0 Å². The fraction of sp³-hybridized carbons (Fsp3) is 0.560. The van der Waals surface area contributed by atoms with E-state index in [2.05, 4.69) is 26.7 Å². The van der Waals surface area contributed by atoms with Gasteiger partial charge in [-0.2, -0.15) is 0 Å². The van der Waals surface area contributed by atoms with Crippen molar-refractivity contribution in [3.8, 4) is 0 Å². The molecule has 3 atom stereocenters. The molecule has 1 aromatic carbocycles. The van der Waals surface area contributed by atoms with E-state index in [9.17, 15) is 15.0 Å². The minimum atomic E-state index is -0.526. The fourth-order valence-electron chi connectivity index (χ4n) is 5.48. The number of aromatic nitrogens is 2. The van der Waals surface area contributed by atoms with Crippen LogP contribution in [0.15, 0.2) is 30.6 Å². The average molecular weight is 486 g/mol. The third-order valence-electron chi connectivity index (χ3n) is 7.41. The molecule has 2 N–H and O–H groups in total. The van der Waals surface area contributed by atoms with Gasteiger partial charge in [0.1, 0.15) is 12.1 Å². The van der Waals surface area contributed by atoms with Crippen molar-refractivity contribution in [1.29, 1.82) is 0 Å². The number of aliphatic hydroxyl groups is 2. The summed E-state index contributed by atoms with van der Waals surface area (Å²) in [4.78, 5) is 28.9. The van der Waals surface area contributed by atoms with Crippen LogP contribution in [0, 0.1) is 0 Å². The minimum Gasteiger partial charge on any atom is -0.390 e. The Bertz CT molecular complexity index is 1020. The summed E-state index contributed by atoms with van der Waals surface area (Å²) in [6.45, 7) is 6.89. The number of benzene rings is 1. The monoisotopic (exact) mass is 485 g/mol. The van der Waals surface area contributed by atoms with Gasteiger partial charge in [0, 0.05) is 49.9 Å². The number of halogens is 1. The van der Waals surface area contributed by atoms with Gasteiger partial charge in [-0.25, -0.2) is 9.97 Å². The molecule has 0 unspecified atom stereocenters. The Morgan fingerprint density at radius 2 is 1.82 bits per heavy atom. The van der Waals surface area contributed by atoms with Crippen LogP contribution in [0.4, 0.5) is 5.82 Å². The van der Waals surface area contributed by atoms with Gasteiger partial charge in [0.25, 0.3) is 0 Å². The van der Waals surface area contributed by atoms with Crippen molar-refractivity contribution in [2.75, 3.05) is 50.7 Å². The number of carbonyl (C=O) groups is 1. The number of hydrogen-bond acceptors (Lipinski definition) is 7. The summed E-state index contributed by atoms with van der Waals surface area (Å²) in [6, 6.07) is 7.58. The van der Waals surface area contributed by atoms with Crippen LogP contribution < -0.4 is 4.90 Å². The van der Waals surface area contributed by atoms with Gasteiger partial charge >= 0.3 is 0 Å². The van der Waals surface area contributed by atoms with Crippen LogP contribution in [-0.4, -0.2) is 87.8 Å². The molecule has 34 heavy (non-hydrogen) atoms. The van der Waals surface area contributed by atoms with Crippen LogP contribution in [0.5, 0.6) is 0 Å². The van der Waals surface area contributed by atoms with Gasteiger partial charge < -0.3 is 20.0 Å². The van der Waals surface area contributed by atoms with Crippen molar-refractivity contribution >= 4 is 23.3 Å². The van der Waals surface area contributed by atoms with E-state index in [0.717, 1.165) is 29.2 Å². The number of piperazine rings is 1. The smallest absolute Gasteiger partial charge is 0.230 e. The molecule has 2 fully saturated rings. The number of likely N-dealkylation sites (tertiary alicyclic amines) is 1. The molecule has 2 saturated heterocycles. The summed E-state index contributed by atoms with van der Waals surface area (Å²) in [7, 11) is 0. The maximum absolute atomic E-state index is 13.6. The number of rotatable bonds is 6. The summed E-state index contributed by atoms with van der Waals surface area (Å²) in [5.74, 6) is 1.02. The van der Waals surface area contributed by atoms with Gasteiger partial charge in [0.15, 0.2) is 0 Å². The molecule has 3 aliphatic rings. The number of aliphatic hydroxyl groups excluding tert-OH is 2. The first kappa shape index (κ1) is 23.5. The Morgan fingerprint density at radius 1 is 1.12 bits per heavy atom. The van der Waals surface area contributed by atoms with Gasteiger partial charge in [-0.3, -0.25) is 9.69 Å². The first-order chi connectivity index (χ1) is 16.4. The van der Waals surface area contributed by atoms with E-state index in [0.29, 0.717) is 57.1 Å². The highest BCUT2D eigenvalue weighted by Gasteiger charge is 2.35. The lowest BCUT2D eigenvalue weighted by Gasteiger charge is -2.39. The van der Waals surface area contributed by atoms with Gasteiger partial charge in [-0.1, -0.05) is 30.7 Å². The number of β-amino-alcohol motifs (C(OH)–C–C–N with tert-alkyl or cyclic N) is 1. The third-order valence-corrected chi connectivity index (χ3v) is 7.66. The number of fused-ring (bicyclic) bond motifs is 1. The molecule has 2 aromatic rings. The SMILES string of the molecule is C[C@@H]1C[C@@H](O)c2ncnc(N3CCN(C(=O)[C@H](CCN4CC(O)C4)c4ccc(Cl)cc4)CC3)c21. The molecule has 0 spiro atoms. The Kier molecular flexibility index (Phi) is 6.75. The molecule has 3 heterocycles. The quantitative estimate of drug-likeness (QED) is 0.647. The van der Waals surface area contributed by atoms with E-state index in [-0.39, 0.29) is 23.8 Å². The van der Waals surface area contributed by atoms with Crippen molar-refractivity contribution < 1.29 is 15.0 Å². The van der Waals surface area contributed by atoms with Crippen molar-refractivity contribution in [2.24, 2.45) is 0 Å². The second-order valence-electron chi connectivity index (χ2n) is 9.77. The van der Waals surface area contributed by atoms with Crippen molar-refractivity contribution in [2.45, 2.75) is 43.8 Å². The summed E-state index contributed by atoms with van der Waals surface area (Å²) in [5, 5.41) is 20.6. The topological polar surface area (TPSA) is 93.0 Å². The van der Waals surface area contributed by atoms with E-state index in [1.54, 1.807) is 0 Å². The lowest BCUT2D eigenvalue weighted by atomic mass is 9.93. The molecule has 0 bridgehead atoms. The summed E-state index contributed by atoms with van der Waals surface area (Å²) < 4.78 is 0. The highest BCUT2D eigenvalue weighted by atomic mass is 35.5. The Balaban J connectivity index is 1.27. The zero-order valence-electron chi connectivity index (χ0n) is 19.5. The average Bonchev–Trinajstić information content (AvgIpc) is 3.12. The predicted octanol–water partition coefficient (Wildman–Crippen LogP) is 2.17. The summed E-state index contributed by atoms with van der Waals surface area (Å²) >= 11 is 6.09. The second-order valence-corrected chi connectivity index (χ2v) is 10.2. The zero-order chi connectivity index (χ0) is 23.8. The van der Waals surface area contributed by atoms with Crippen LogP contribution in [0.1, 0.15) is 54.5 Å². The third kappa shape index (κ3) is 4.64. The van der Waals surface area contributed by atoms with Gasteiger partial charge in [0.2, 0.25) is 5.91 Å². The molecule has 0 saturated carbocycles. The molecule has 1 aromatic heterocycles. The molecule has 1 aliphatic carbocycles. The van der Waals surface area contributed by atoms with Crippen molar-refractivity contribution in [1.82, 2.24) is 19.8 Å². The van der Waals surface area contributed by atoms with E-state index < -0.39 is 6.10 Å². The largest absolute Gasteiger partial charge is 0.390 e. The van der Waals surface area contributed by atoms with Crippen LogP contribution in [-0.2, 0) is 4.79 Å². The highest BCUT2D eigenvalue weighted by molar-refractivity contribution is 6.30. The maximum atomic E-state index is 13.6. The molecule has 2 aliphatic heterocycles. The molecule has 182 valence electrons. The fourth-order valence-corrected chi connectivity index (χ4v) is 5.60. The molecular formula is C25H32ClN5O3. The Labute approximate surface area is 205 Å². The molecule has 1 amide bonds. The van der Waals surface area contributed by atoms with Crippen LogP contribution in [0.3, 0.4) is 0 Å². The van der Waals surface area contributed by atoms with Crippen LogP contribution in [0.2, 0.25) is 5.02 Å². The molecule has 8 nitrogen and oxygen atoms in total. The highest BCUT2D eigenvalue weighted by Crippen LogP contribution is 2.42. The summed E-state index contributed by atoms with van der Waals surface area (Å²) in [6.07, 6.45) is 2.15. The molecule has 0 radical (unpaired) electrons. The van der Waals surface area contributed by atoms with E-state index >= 15 is 0 Å². The number of carbonyl (C=O) groups excluding carboxylic acids is 1. The van der Waals surface area contributed by atoms with Crippen molar-refractivity contribution in [3.63, 3.8) is 0 Å². The summed E-state index contributed by atoms with van der Waals surface area (Å²) in [5.41, 5.74) is 2.77. The molecular weight excluding hydrogens is 454 g/mol. The van der Waals surface area contributed by atoms with Crippen molar-refractivity contribution in [3.05, 3.63) is 52.4 Å². The maximum Gasteiger partial charge on any atom is 0.230 e. The van der Waals surface area contributed by atoms with Gasteiger partial charge in [-0.05, 0) is 43.0 Å². The minimum absolute atomic E-state index is 0.139. The Morgan fingerprint density at radius 3 is 2.50 bits per heavy atom. The lowest BCUT2D eigenvalue weighted by Crippen LogP contribution is -2.52. The van der Waals surface area contributed by atoms with E-state index in [1.165, 1.54) is 6.33 Å². The first-order valence-electron chi connectivity index (χ1n) is 12.1. The van der Waals surface area contributed by atoms with Gasteiger partial charge in [-0.15, -0.1) is 0 Å². The lowest BCUT2D eigenvalue weighted by molar-refractivity contribution is -0.133. The molecule has 5 rings (SSSR count). The zero-order valence-corrected chi connectivity index (χ0v) is 20.2. The Hall–Kier alpha value is -2.26. The van der Waals surface area contributed by atoms with Gasteiger partial charge in [0.05, 0.1) is 23.8 Å². The number of hydrogen-bond donors (Lipinski definition) is 2. The van der Waals surface area contributed by atoms with E-state index in [1.807, 2.05) is 29.2 Å². The molecule has 9 heteroatoms. The van der Waals surface area contributed by atoms with Crippen LogP contribution >= 0.6 is 11.6 Å². The predicted molar refractivity (Wildman–Crippen MR) is 130 cm³/mol. The number of amides is 1. The number of anilines is 1. The first-order valence-corrected chi connectivity index (χ1v) is 12.5. The second kappa shape index (κ2) is 9.77.